The number of nitrogens with zero attached hydrogens (tertiary/aromatic N) is 1. The highest BCUT2D eigenvalue weighted by molar-refractivity contribution is 6.35. The van der Waals surface area contributed by atoms with Gasteiger partial charge in [-0.05, 0) is 49.4 Å². The SMILES string of the molecule is CC[C@@H](C(=O)NC(C)C)N(Cc1ccc(Cl)cc1Cl)C(=O)COc1cccc2ccccc12. The first kappa shape index (κ1) is 24.9. The van der Waals surface area contributed by atoms with Crippen LogP contribution in [-0.4, -0.2) is 35.4 Å². The molecule has 0 aromatic heterocycles. The minimum Gasteiger partial charge on any atom is -0.483 e. The molecule has 0 radical (unpaired) electrons. The van der Waals surface area contributed by atoms with E-state index in [-0.39, 0.29) is 31.0 Å². The molecule has 1 N–H and O–H groups in total. The van der Waals surface area contributed by atoms with Gasteiger partial charge < -0.3 is 15.0 Å². The van der Waals surface area contributed by atoms with E-state index in [1.54, 1.807) is 18.2 Å². The van der Waals surface area contributed by atoms with Crippen LogP contribution in [0.3, 0.4) is 0 Å². The average molecular weight is 487 g/mol. The average Bonchev–Trinajstić information content (AvgIpc) is 2.78. The van der Waals surface area contributed by atoms with Gasteiger partial charge in [0.05, 0.1) is 0 Å². The lowest BCUT2D eigenvalue weighted by Gasteiger charge is -2.31. The van der Waals surface area contributed by atoms with E-state index in [0.29, 0.717) is 27.8 Å². The summed E-state index contributed by atoms with van der Waals surface area (Å²) in [5, 5.41) is 5.80. The van der Waals surface area contributed by atoms with Crippen LogP contribution in [0.4, 0.5) is 0 Å². The summed E-state index contributed by atoms with van der Waals surface area (Å²) in [7, 11) is 0. The minimum absolute atomic E-state index is 0.0467. The smallest absolute Gasteiger partial charge is 0.261 e. The summed E-state index contributed by atoms with van der Waals surface area (Å²) >= 11 is 12.4. The van der Waals surface area contributed by atoms with Crippen LogP contribution in [0.15, 0.2) is 60.7 Å². The Labute approximate surface area is 204 Å². The Balaban J connectivity index is 1.86. The molecule has 0 saturated heterocycles. The number of carbonyl (C=O) groups is 2. The third kappa shape index (κ3) is 6.40. The molecule has 1 atom stereocenters. The van der Waals surface area contributed by atoms with E-state index in [1.165, 1.54) is 4.90 Å². The first-order valence-electron chi connectivity index (χ1n) is 10.9. The number of halogens is 2. The molecule has 0 fully saturated rings. The standard InChI is InChI=1S/C26H28Cl2N2O3/c1-4-23(26(32)29-17(2)3)30(15-19-12-13-20(27)14-22(19)28)25(31)16-33-24-11-7-9-18-8-5-6-10-21(18)24/h5-14,17,23H,4,15-16H2,1-3H3,(H,29,32)/t23-/m0/s1. The molecular weight excluding hydrogens is 459 g/mol. The summed E-state index contributed by atoms with van der Waals surface area (Å²) in [5.74, 6) is 0.0985. The highest BCUT2D eigenvalue weighted by Crippen LogP contribution is 2.26. The molecule has 3 rings (SSSR count). The molecule has 7 heteroatoms. The third-order valence-electron chi connectivity index (χ3n) is 5.27. The number of hydrogen-bond acceptors (Lipinski definition) is 3. The van der Waals surface area contributed by atoms with Gasteiger partial charge in [-0.25, -0.2) is 0 Å². The lowest BCUT2D eigenvalue weighted by Crippen LogP contribution is -2.51. The summed E-state index contributed by atoms with van der Waals surface area (Å²) < 4.78 is 5.93. The highest BCUT2D eigenvalue weighted by Gasteiger charge is 2.29. The van der Waals surface area contributed by atoms with Crippen molar-refractivity contribution in [2.75, 3.05) is 6.61 Å². The molecule has 5 nitrogen and oxygen atoms in total. The number of nitrogens with one attached hydrogen (secondary N) is 1. The van der Waals surface area contributed by atoms with Gasteiger partial charge >= 0.3 is 0 Å². The van der Waals surface area contributed by atoms with Crippen molar-refractivity contribution in [2.24, 2.45) is 0 Å². The summed E-state index contributed by atoms with van der Waals surface area (Å²) in [4.78, 5) is 27.8. The van der Waals surface area contributed by atoms with E-state index in [4.69, 9.17) is 27.9 Å². The van der Waals surface area contributed by atoms with Gasteiger partial charge in [0, 0.05) is 28.0 Å². The van der Waals surface area contributed by atoms with Crippen molar-refractivity contribution < 1.29 is 14.3 Å². The Morgan fingerprint density at radius 2 is 1.76 bits per heavy atom. The van der Waals surface area contributed by atoms with Crippen molar-refractivity contribution in [1.82, 2.24) is 10.2 Å². The molecule has 2 amide bonds. The molecule has 3 aromatic rings. The molecule has 174 valence electrons. The van der Waals surface area contributed by atoms with Crippen molar-refractivity contribution in [3.05, 3.63) is 76.3 Å². The molecule has 0 aliphatic rings. The predicted molar refractivity (Wildman–Crippen MR) is 134 cm³/mol. The second kappa shape index (κ2) is 11.4. The van der Waals surface area contributed by atoms with E-state index in [1.807, 2.05) is 63.2 Å². The van der Waals surface area contributed by atoms with Gasteiger partial charge in [0.25, 0.3) is 5.91 Å². The molecule has 0 spiro atoms. The zero-order chi connectivity index (χ0) is 24.0. The Morgan fingerprint density at radius 1 is 1.03 bits per heavy atom. The molecule has 0 unspecified atom stereocenters. The van der Waals surface area contributed by atoms with Crippen LogP contribution in [0, 0.1) is 0 Å². The van der Waals surface area contributed by atoms with Crippen LogP contribution >= 0.6 is 23.2 Å². The Hall–Kier alpha value is -2.76. The molecule has 0 saturated carbocycles. The van der Waals surface area contributed by atoms with Gasteiger partial charge in [0.1, 0.15) is 11.8 Å². The number of ether oxygens (including phenoxy) is 1. The summed E-state index contributed by atoms with van der Waals surface area (Å²) in [5.41, 5.74) is 0.704. The minimum atomic E-state index is -0.664. The second-order valence-electron chi connectivity index (χ2n) is 8.11. The van der Waals surface area contributed by atoms with Crippen LogP contribution in [0.25, 0.3) is 10.8 Å². The van der Waals surface area contributed by atoms with Crippen LogP contribution in [0.5, 0.6) is 5.75 Å². The molecule has 33 heavy (non-hydrogen) atoms. The molecular formula is C26H28Cl2N2O3. The zero-order valence-electron chi connectivity index (χ0n) is 19.0. The van der Waals surface area contributed by atoms with Gasteiger partial charge in [-0.15, -0.1) is 0 Å². The van der Waals surface area contributed by atoms with Crippen molar-refractivity contribution in [2.45, 2.75) is 45.8 Å². The molecule has 0 heterocycles. The summed E-state index contributed by atoms with van der Waals surface area (Å²) in [6, 6.07) is 17.9. The molecule has 0 aliphatic carbocycles. The van der Waals surface area contributed by atoms with Gasteiger partial charge in [0.2, 0.25) is 5.91 Å². The predicted octanol–water partition coefficient (Wildman–Crippen LogP) is 5.86. The number of amides is 2. The van der Waals surface area contributed by atoms with Gasteiger partial charge in [0.15, 0.2) is 6.61 Å². The van der Waals surface area contributed by atoms with E-state index in [0.717, 1.165) is 10.8 Å². The number of fused-ring (bicyclic) bond motifs is 1. The van der Waals surface area contributed by atoms with Gasteiger partial charge in [-0.1, -0.05) is 72.6 Å². The quantitative estimate of drug-likeness (QED) is 0.412. The van der Waals surface area contributed by atoms with Crippen molar-refractivity contribution in [1.29, 1.82) is 0 Å². The van der Waals surface area contributed by atoms with Crippen molar-refractivity contribution in [3.63, 3.8) is 0 Å². The largest absolute Gasteiger partial charge is 0.483 e. The van der Waals surface area contributed by atoms with Gasteiger partial charge in [-0.3, -0.25) is 9.59 Å². The topological polar surface area (TPSA) is 58.6 Å². The summed E-state index contributed by atoms with van der Waals surface area (Å²) in [6.07, 6.45) is 0.448. The van der Waals surface area contributed by atoms with Crippen LogP contribution in [-0.2, 0) is 16.1 Å². The third-order valence-corrected chi connectivity index (χ3v) is 5.86. The highest BCUT2D eigenvalue weighted by atomic mass is 35.5. The fourth-order valence-electron chi connectivity index (χ4n) is 3.68. The van der Waals surface area contributed by atoms with Crippen LogP contribution in [0.2, 0.25) is 10.0 Å². The summed E-state index contributed by atoms with van der Waals surface area (Å²) in [6.45, 7) is 5.61. The van der Waals surface area contributed by atoms with E-state index >= 15 is 0 Å². The van der Waals surface area contributed by atoms with Gasteiger partial charge in [-0.2, -0.15) is 0 Å². The normalized spacial score (nSPS) is 11.9. The molecule has 3 aromatic carbocycles. The maximum atomic E-state index is 13.4. The van der Waals surface area contributed by atoms with Crippen LogP contribution in [0.1, 0.15) is 32.8 Å². The number of rotatable bonds is 9. The number of hydrogen-bond donors (Lipinski definition) is 1. The van der Waals surface area contributed by atoms with Crippen molar-refractivity contribution in [3.8, 4) is 5.75 Å². The lowest BCUT2D eigenvalue weighted by molar-refractivity contribution is -0.143. The monoisotopic (exact) mass is 486 g/mol. The number of carbonyl (C=O) groups excluding carboxylic acids is 2. The van der Waals surface area contributed by atoms with E-state index in [9.17, 15) is 9.59 Å². The lowest BCUT2D eigenvalue weighted by atomic mass is 10.1. The number of benzene rings is 3. The zero-order valence-corrected chi connectivity index (χ0v) is 20.5. The van der Waals surface area contributed by atoms with Crippen LogP contribution < -0.4 is 10.1 Å². The fraction of sp³-hybridized carbons (Fsp3) is 0.308. The molecule has 0 bridgehead atoms. The van der Waals surface area contributed by atoms with E-state index in [2.05, 4.69) is 5.32 Å². The van der Waals surface area contributed by atoms with Crippen molar-refractivity contribution >= 4 is 45.8 Å². The second-order valence-corrected chi connectivity index (χ2v) is 8.95. The molecule has 0 aliphatic heterocycles. The maximum Gasteiger partial charge on any atom is 0.261 e. The first-order valence-corrected chi connectivity index (χ1v) is 11.7. The Morgan fingerprint density at radius 3 is 2.45 bits per heavy atom. The Bertz CT molecular complexity index is 1130. The van der Waals surface area contributed by atoms with E-state index < -0.39 is 6.04 Å². The fourth-order valence-corrected chi connectivity index (χ4v) is 4.15. The first-order chi connectivity index (χ1) is 15.8. The Kier molecular flexibility index (Phi) is 8.59. The maximum absolute atomic E-state index is 13.4.